The van der Waals surface area contributed by atoms with Gasteiger partial charge in [-0.1, -0.05) is 23.0 Å². The molecule has 1 aromatic rings. The average molecular weight is 178 g/mol. The number of hydrogen-bond acceptors (Lipinski definition) is 3. The van der Waals surface area contributed by atoms with E-state index in [1.54, 1.807) is 5.01 Å². The van der Waals surface area contributed by atoms with Crippen LogP contribution in [-0.4, -0.2) is 0 Å². The van der Waals surface area contributed by atoms with Gasteiger partial charge in [0.25, 0.3) is 0 Å². The summed E-state index contributed by atoms with van der Waals surface area (Å²) in [6.45, 7) is 0. The Morgan fingerprint density at radius 1 is 1.25 bits per heavy atom. The molecule has 0 amide bonds. The summed E-state index contributed by atoms with van der Waals surface area (Å²) in [5.41, 5.74) is 0.913. The van der Waals surface area contributed by atoms with Crippen LogP contribution in [-0.2, 0) is 0 Å². The number of anilines is 1. The number of nitrogens with zero attached hydrogens (tertiary/aromatic N) is 2. The van der Waals surface area contributed by atoms with Crippen LogP contribution in [0.2, 0.25) is 0 Å². The van der Waals surface area contributed by atoms with Gasteiger partial charge in [0.1, 0.15) is 0 Å². The van der Waals surface area contributed by atoms with Crippen LogP contribution in [0.1, 0.15) is 0 Å². The molecule has 0 spiro atoms. The maximum Gasteiger partial charge on any atom is 0.0597 e. The Bertz CT molecular complexity index is 299. The highest BCUT2D eigenvalue weighted by atomic mass is 32.2. The number of benzene rings is 1. The summed E-state index contributed by atoms with van der Waals surface area (Å²) in [5, 5.41) is 12.3. The van der Waals surface area contributed by atoms with Gasteiger partial charge < -0.3 is 5.11 Å². The Hall–Kier alpha value is -1.13. The molecule has 0 saturated heterocycles. The highest BCUT2D eigenvalue weighted by molar-refractivity contribution is 8.01. The predicted octanol–water partition coefficient (Wildman–Crippen LogP) is 0.833. The molecule has 0 unspecified atom stereocenters. The lowest BCUT2D eigenvalue weighted by atomic mass is 10.3. The summed E-state index contributed by atoms with van der Waals surface area (Å²) in [7, 11) is 0. The van der Waals surface area contributed by atoms with Crippen LogP contribution in [0.4, 0.5) is 5.69 Å². The van der Waals surface area contributed by atoms with E-state index >= 15 is 0 Å². The molecule has 0 N–H and O–H groups in total. The van der Waals surface area contributed by atoms with Crippen LogP contribution < -0.4 is 14.9 Å². The second-order valence-corrected chi connectivity index (χ2v) is 3.05. The minimum atomic E-state index is -0.0288. The number of para-hydroxylation sites is 1. The molecule has 1 heterocycles. The van der Waals surface area contributed by atoms with Gasteiger partial charge in [-0.2, -0.15) is 0 Å². The van der Waals surface area contributed by atoms with Crippen LogP contribution in [0.5, 0.6) is 0 Å². The van der Waals surface area contributed by atoms with Crippen molar-refractivity contribution in [3.8, 4) is 0 Å². The zero-order valence-electron chi connectivity index (χ0n) is 6.18. The van der Waals surface area contributed by atoms with Crippen molar-refractivity contribution in [3.05, 3.63) is 41.6 Å². The Balaban J connectivity index is 2.22. The molecular formula is C8H6N2OS-. The first kappa shape index (κ1) is 7.52. The van der Waals surface area contributed by atoms with E-state index in [0.717, 1.165) is 17.6 Å². The minimum absolute atomic E-state index is 0.0288. The first-order valence-corrected chi connectivity index (χ1v) is 4.25. The Kier molecular flexibility index (Phi) is 1.93. The molecule has 12 heavy (non-hydrogen) atoms. The third kappa shape index (κ3) is 1.39. The van der Waals surface area contributed by atoms with E-state index in [9.17, 15) is 5.11 Å². The van der Waals surface area contributed by atoms with Crippen LogP contribution in [0.15, 0.2) is 41.6 Å². The van der Waals surface area contributed by atoms with E-state index in [4.69, 9.17) is 0 Å². The van der Waals surface area contributed by atoms with Gasteiger partial charge in [0.05, 0.1) is 5.69 Å². The lowest BCUT2D eigenvalue weighted by Crippen LogP contribution is -2.16. The maximum atomic E-state index is 10.8. The molecular weight excluding hydrogens is 172 g/mol. The third-order valence-corrected chi connectivity index (χ3v) is 2.01. The second kappa shape index (κ2) is 3.08. The molecule has 0 aliphatic carbocycles. The third-order valence-electron chi connectivity index (χ3n) is 1.47. The van der Waals surface area contributed by atoms with E-state index in [2.05, 4.69) is 4.83 Å². The second-order valence-electron chi connectivity index (χ2n) is 2.30. The fraction of sp³-hybridized carbons (Fsp3) is 0. The van der Waals surface area contributed by atoms with Gasteiger partial charge in [0.15, 0.2) is 0 Å². The zero-order chi connectivity index (χ0) is 8.39. The predicted molar refractivity (Wildman–Crippen MR) is 46.7 cm³/mol. The van der Waals surface area contributed by atoms with Crippen molar-refractivity contribution < 1.29 is 5.11 Å². The van der Waals surface area contributed by atoms with E-state index < -0.39 is 0 Å². The smallest absolute Gasteiger partial charge is 0.0597 e. The molecule has 61 valence electrons. The van der Waals surface area contributed by atoms with E-state index in [-0.39, 0.29) is 5.09 Å². The van der Waals surface area contributed by atoms with E-state index in [1.807, 2.05) is 30.3 Å². The van der Waals surface area contributed by atoms with E-state index in [1.165, 1.54) is 6.20 Å². The van der Waals surface area contributed by atoms with Crippen molar-refractivity contribution in [1.29, 1.82) is 0 Å². The summed E-state index contributed by atoms with van der Waals surface area (Å²) in [4.78, 5) is 3.93. The van der Waals surface area contributed by atoms with E-state index in [0.29, 0.717) is 0 Å². The quantitative estimate of drug-likeness (QED) is 0.598. The van der Waals surface area contributed by atoms with Crippen molar-refractivity contribution >= 4 is 17.6 Å². The Morgan fingerprint density at radius 3 is 2.58 bits per heavy atom. The first-order chi connectivity index (χ1) is 5.86. The molecule has 0 aromatic heterocycles. The summed E-state index contributed by atoms with van der Waals surface area (Å²) >= 11 is 0.957. The summed E-state index contributed by atoms with van der Waals surface area (Å²) < 4.78 is 0. The number of hydrogen-bond donors (Lipinski definition) is 0. The lowest BCUT2D eigenvalue weighted by molar-refractivity contribution is -0.284. The fourth-order valence-electron chi connectivity index (χ4n) is 0.934. The standard InChI is InChI=1S/C8H7N2OS/c11-8-6-10(9-12-8)7-4-2-1-3-5-7/h1-6,11H/p-1. The summed E-state index contributed by atoms with van der Waals surface area (Å²) in [6, 6.07) is 9.55. The molecule has 3 nitrogen and oxygen atoms in total. The van der Waals surface area contributed by atoms with Crippen molar-refractivity contribution in [1.82, 2.24) is 4.83 Å². The van der Waals surface area contributed by atoms with Gasteiger partial charge in [-0.3, -0.25) is 5.01 Å². The van der Waals surface area contributed by atoms with Gasteiger partial charge in [-0.25, -0.2) is 0 Å². The monoisotopic (exact) mass is 178 g/mol. The lowest BCUT2D eigenvalue weighted by Gasteiger charge is -2.11. The Labute approximate surface area is 74.8 Å². The van der Waals surface area contributed by atoms with Crippen LogP contribution >= 0.6 is 11.9 Å². The average Bonchev–Trinajstić information content (AvgIpc) is 2.54. The maximum absolute atomic E-state index is 10.8. The van der Waals surface area contributed by atoms with Gasteiger partial charge >= 0.3 is 0 Å². The van der Waals surface area contributed by atoms with Gasteiger partial charge in [0.2, 0.25) is 0 Å². The molecule has 1 aromatic carbocycles. The van der Waals surface area contributed by atoms with Crippen LogP contribution in [0.25, 0.3) is 0 Å². The van der Waals surface area contributed by atoms with Crippen molar-refractivity contribution in [2.75, 3.05) is 5.01 Å². The van der Waals surface area contributed by atoms with Crippen LogP contribution in [0.3, 0.4) is 0 Å². The largest absolute Gasteiger partial charge is 0.866 e. The first-order valence-electron chi connectivity index (χ1n) is 3.47. The molecule has 2 rings (SSSR count). The highest BCUT2D eigenvalue weighted by Crippen LogP contribution is 2.23. The fourth-order valence-corrected chi connectivity index (χ4v) is 1.39. The summed E-state index contributed by atoms with van der Waals surface area (Å²) in [6.07, 6.45) is 1.47. The molecule has 1 aliphatic heterocycles. The number of rotatable bonds is 1. The Morgan fingerprint density at radius 2 is 2.00 bits per heavy atom. The molecule has 0 bridgehead atoms. The van der Waals surface area contributed by atoms with Gasteiger partial charge in [0, 0.05) is 6.20 Å². The normalized spacial score (nSPS) is 16.3. The SMILES string of the molecule is [O-]C1=CN(c2ccccc2)[N]S1. The molecule has 1 radical (unpaired) electrons. The van der Waals surface area contributed by atoms with Crippen LogP contribution in [0, 0.1) is 0 Å². The topological polar surface area (TPSA) is 40.4 Å². The molecule has 0 fully saturated rings. The van der Waals surface area contributed by atoms with Gasteiger partial charge in [-0.05, 0) is 29.2 Å². The van der Waals surface area contributed by atoms with Crippen molar-refractivity contribution in [2.45, 2.75) is 0 Å². The van der Waals surface area contributed by atoms with Crippen molar-refractivity contribution in [2.24, 2.45) is 0 Å². The van der Waals surface area contributed by atoms with Crippen molar-refractivity contribution in [3.63, 3.8) is 0 Å². The van der Waals surface area contributed by atoms with Gasteiger partial charge in [-0.15, -0.1) is 0 Å². The molecule has 0 atom stereocenters. The molecule has 1 aliphatic rings. The minimum Gasteiger partial charge on any atom is -0.866 e. The zero-order valence-corrected chi connectivity index (χ0v) is 6.99. The highest BCUT2D eigenvalue weighted by Gasteiger charge is 2.09. The molecule has 4 heteroatoms. The summed E-state index contributed by atoms with van der Waals surface area (Å²) in [5.74, 6) is 0. The molecule has 0 saturated carbocycles.